The maximum atomic E-state index is 13.9. The van der Waals surface area contributed by atoms with E-state index in [1.54, 1.807) is 42.6 Å². The fraction of sp³-hybridized carbons (Fsp3) is 0.321. The highest BCUT2D eigenvalue weighted by Gasteiger charge is 2.30. The Bertz CT molecular complexity index is 1410. The lowest BCUT2D eigenvalue weighted by Gasteiger charge is -2.32. The topological polar surface area (TPSA) is 84.7 Å². The molecule has 9 heteroatoms. The van der Waals surface area contributed by atoms with E-state index in [-0.39, 0.29) is 25.0 Å². The number of amides is 1. The van der Waals surface area contributed by atoms with Crippen LogP contribution in [0.5, 0.6) is 5.75 Å². The van der Waals surface area contributed by atoms with Crippen molar-refractivity contribution in [3.63, 3.8) is 0 Å². The highest BCUT2D eigenvalue weighted by molar-refractivity contribution is 7.13. The third-order valence-corrected chi connectivity index (χ3v) is 7.97. The normalized spacial score (nSPS) is 14.1. The average molecular weight is 538 g/mol. The first-order chi connectivity index (χ1) is 18.0. The van der Waals surface area contributed by atoms with Gasteiger partial charge in [-0.1, -0.05) is 36.9 Å². The van der Waals surface area contributed by atoms with Gasteiger partial charge in [-0.05, 0) is 67.3 Å². The summed E-state index contributed by atoms with van der Waals surface area (Å²) in [5.41, 5.74) is 2.68. The SMILES string of the molecule is Cc1c(CC(=O)N(c2nccs2)C2CCCCC2)c2cc(CO)ccc2n1C(=O)Oc1ccc(Cl)cc1. The molecule has 37 heavy (non-hydrogen) atoms. The maximum absolute atomic E-state index is 13.9. The molecule has 1 amide bonds. The number of carbonyl (C=O) groups excluding carboxylic acids is 2. The Morgan fingerprint density at radius 2 is 1.92 bits per heavy atom. The summed E-state index contributed by atoms with van der Waals surface area (Å²) in [5, 5.41) is 13.6. The molecular weight excluding hydrogens is 510 g/mol. The van der Waals surface area contributed by atoms with E-state index in [2.05, 4.69) is 4.98 Å². The first-order valence-electron chi connectivity index (χ1n) is 12.4. The largest absolute Gasteiger partial charge is 0.424 e. The number of carbonyl (C=O) groups is 2. The standard InChI is InChI=1S/C28H28ClN3O4S/c1-18-23(16-26(34)32(27-30-13-14-37-27)21-5-3-2-4-6-21)24-15-19(17-33)7-12-25(24)31(18)28(35)36-22-10-8-20(29)9-11-22/h7-15,21,33H,2-6,16-17H2,1H3. The van der Waals surface area contributed by atoms with Crippen LogP contribution in [-0.4, -0.2) is 32.7 Å². The van der Waals surface area contributed by atoms with Gasteiger partial charge in [0.1, 0.15) is 5.75 Å². The second-order valence-electron chi connectivity index (χ2n) is 9.28. The molecule has 0 saturated heterocycles. The van der Waals surface area contributed by atoms with Crippen LogP contribution in [0.15, 0.2) is 54.0 Å². The van der Waals surface area contributed by atoms with Gasteiger partial charge in [-0.25, -0.2) is 14.3 Å². The van der Waals surface area contributed by atoms with Gasteiger partial charge in [-0.2, -0.15) is 0 Å². The third-order valence-electron chi connectivity index (χ3n) is 6.94. The highest BCUT2D eigenvalue weighted by Crippen LogP contribution is 2.33. The number of aliphatic hydroxyl groups excluding tert-OH is 1. The van der Waals surface area contributed by atoms with E-state index in [9.17, 15) is 14.7 Å². The number of hydrogen-bond acceptors (Lipinski definition) is 6. The van der Waals surface area contributed by atoms with Crippen LogP contribution in [0, 0.1) is 6.92 Å². The molecule has 0 radical (unpaired) electrons. The van der Waals surface area contributed by atoms with E-state index in [0.29, 0.717) is 32.7 Å². The molecule has 0 atom stereocenters. The molecule has 1 aliphatic rings. The van der Waals surface area contributed by atoms with E-state index >= 15 is 0 Å². The zero-order valence-electron chi connectivity index (χ0n) is 20.5. The lowest BCUT2D eigenvalue weighted by atomic mass is 9.94. The van der Waals surface area contributed by atoms with Gasteiger partial charge in [0, 0.05) is 33.7 Å². The Morgan fingerprint density at radius 3 is 2.59 bits per heavy atom. The summed E-state index contributed by atoms with van der Waals surface area (Å²) in [7, 11) is 0. The predicted molar refractivity (Wildman–Crippen MR) is 146 cm³/mol. The summed E-state index contributed by atoms with van der Waals surface area (Å²) in [4.78, 5) is 33.5. The van der Waals surface area contributed by atoms with Crippen LogP contribution in [0.25, 0.3) is 10.9 Å². The molecule has 1 saturated carbocycles. The maximum Gasteiger partial charge on any atom is 0.424 e. The molecule has 192 valence electrons. The van der Waals surface area contributed by atoms with E-state index in [1.165, 1.54) is 22.3 Å². The number of ether oxygens (including phenoxy) is 1. The van der Waals surface area contributed by atoms with Gasteiger partial charge in [0.15, 0.2) is 5.13 Å². The zero-order chi connectivity index (χ0) is 25.9. The first-order valence-corrected chi connectivity index (χ1v) is 13.6. The molecule has 1 aliphatic carbocycles. The molecule has 1 fully saturated rings. The summed E-state index contributed by atoms with van der Waals surface area (Å²) >= 11 is 7.42. The van der Waals surface area contributed by atoms with Crippen molar-refractivity contribution in [3.8, 4) is 5.75 Å². The van der Waals surface area contributed by atoms with Gasteiger partial charge >= 0.3 is 6.09 Å². The molecule has 2 aromatic heterocycles. The number of rotatable bonds is 6. The smallest absolute Gasteiger partial charge is 0.410 e. The second-order valence-corrected chi connectivity index (χ2v) is 10.6. The Morgan fingerprint density at radius 1 is 1.16 bits per heavy atom. The number of halogens is 1. The lowest BCUT2D eigenvalue weighted by molar-refractivity contribution is -0.118. The fourth-order valence-electron chi connectivity index (χ4n) is 5.11. The van der Waals surface area contributed by atoms with E-state index in [0.717, 1.165) is 36.6 Å². The number of fused-ring (bicyclic) bond motifs is 1. The van der Waals surface area contributed by atoms with E-state index < -0.39 is 6.09 Å². The van der Waals surface area contributed by atoms with Gasteiger partial charge in [0.2, 0.25) is 5.91 Å². The molecule has 0 bridgehead atoms. The average Bonchev–Trinajstić information content (AvgIpc) is 3.52. The Kier molecular flexibility index (Phi) is 7.60. The van der Waals surface area contributed by atoms with Crippen LogP contribution in [0.1, 0.15) is 48.9 Å². The quantitative estimate of drug-likeness (QED) is 0.303. The zero-order valence-corrected chi connectivity index (χ0v) is 22.1. The molecule has 7 nitrogen and oxygen atoms in total. The number of aliphatic hydroxyl groups is 1. The van der Waals surface area contributed by atoms with Crippen LogP contribution in [-0.2, 0) is 17.8 Å². The highest BCUT2D eigenvalue weighted by atomic mass is 35.5. The van der Waals surface area contributed by atoms with Crippen LogP contribution < -0.4 is 9.64 Å². The van der Waals surface area contributed by atoms with Gasteiger partial charge in [-0.15, -0.1) is 11.3 Å². The summed E-state index contributed by atoms with van der Waals surface area (Å²) < 4.78 is 7.12. The fourth-order valence-corrected chi connectivity index (χ4v) is 5.97. The number of anilines is 1. The van der Waals surface area contributed by atoms with Crippen LogP contribution in [0.3, 0.4) is 0 Å². The Hall–Kier alpha value is -3.20. The van der Waals surface area contributed by atoms with E-state index in [1.807, 2.05) is 23.3 Å². The Balaban J connectivity index is 1.52. The molecule has 0 unspecified atom stereocenters. The molecule has 2 heterocycles. The lowest BCUT2D eigenvalue weighted by Crippen LogP contribution is -2.42. The second kappa shape index (κ2) is 11.0. The number of aromatic nitrogens is 2. The van der Waals surface area contributed by atoms with E-state index in [4.69, 9.17) is 16.3 Å². The molecule has 2 aromatic carbocycles. The third kappa shape index (κ3) is 5.28. The molecule has 0 aliphatic heterocycles. The van der Waals surface area contributed by atoms with Crippen LogP contribution in [0.2, 0.25) is 5.02 Å². The van der Waals surface area contributed by atoms with Crippen molar-refractivity contribution in [2.45, 2.75) is 58.1 Å². The summed E-state index contributed by atoms with van der Waals surface area (Å²) in [6.45, 7) is 1.68. The van der Waals surface area contributed by atoms with Crippen molar-refractivity contribution >= 4 is 51.0 Å². The molecule has 5 rings (SSSR count). The number of benzene rings is 2. The summed E-state index contributed by atoms with van der Waals surface area (Å²) in [5.74, 6) is 0.317. The van der Waals surface area contributed by atoms with Crippen LogP contribution >= 0.6 is 22.9 Å². The summed E-state index contributed by atoms with van der Waals surface area (Å²) in [6, 6.07) is 12.1. The summed E-state index contributed by atoms with van der Waals surface area (Å²) in [6.07, 6.45) is 6.52. The van der Waals surface area contributed by atoms with Gasteiger partial charge in [-0.3, -0.25) is 9.69 Å². The van der Waals surface area contributed by atoms with Crippen molar-refractivity contribution in [3.05, 3.63) is 75.9 Å². The van der Waals surface area contributed by atoms with Crippen molar-refractivity contribution in [2.24, 2.45) is 0 Å². The minimum absolute atomic E-state index is 0.0514. The molecule has 1 N–H and O–H groups in total. The van der Waals surface area contributed by atoms with Gasteiger partial charge in [0.05, 0.1) is 18.5 Å². The minimum atomic E-state index is -0.579. The first kappa shape index (κ1) is 25.4. The molecular formula is C28H28ClN3O4S. The monoisotopic (exact) mass is 537 g/mol. The molecule has 0 spiro atoms. The predicted octanol–water partition coefficient (Wildman–Crippen LogP) is 6.51. The van der Waals surface area contributed by atoms with Gasteiger partial charge < -0.3 is 9.84 Å². The van der Waals surface area contributed by atoms with Crippen LogP contribution in [0.4, 0.5) is 9.93 Å². The molecule has 4 aromatic rings. The number of hydrogen-bond donors (Lipinski definition) is 1. The Labute approximate surface area is 224 Å². The minimum Gasteiger partial charge on any atom is -0.410 e. The van der Waals surface area contributed by atoms with Crippen molar-refractivity contribution < 1.29 is 19.4 Å². The number of thiazole rings is 1. The van der Waals surface area contributed by atoms with Crippen molar-refractivity contribution in [2.75, 3.05) is 4.90 Å². The van der Waals surface area contributed by atoms with Crippen molar-refractivity contribution in [1.29, 1.82) is 0 Å². The van der Waals surface area contributed by atoms with Gasteiger partial charge in [0.25, 0.3) is 0 Å². The number of nitrogens with zero attached hydrogens (tertiary/aromatic N) is 3. The van der Waals surface area contributed by atoms with Crippen molar-refractivity contribution in [1.82, 2.24) is 9.55 Å².